The molecule has 1 N–H and O–H groups in total. The molecular weight excluding hydrogens is 388 g/mol. The van der Waals surface area contributed by atoms with Crippen molar-refractivity contribution in [3.63, 3.8) is 0 Å². The Morgan fingerprint density at radius 1 is 1.21 bits per heavy atom. The van der Waals surface area contributed by atoms with Gasteiger partial charge in [0.05, 0.1) is 10.7 Å². The number of rotatable bonds is 5. The summed E-state index contributed by atoms with van der Waals surface area (Å²) in [7, 11) is 0. The number of nitrogens with one attached hydrogen (secondary N) is 1. The van der Waals surface area contributed by atoms with Crippen LogP contribution in [0.5, 0.6) is 0 Å². The summed E-state index contributed by atoms with van der Waals surface area (Å²) in [6.45, 7) is 5.99. The molecule has 2 aromatic heterocycles. The molecule has 0 radical (unpaired) electrons. The molecule has 1 amide bonds. The fraction of sp³-hybridized carbons (Fsp3) is 0.429. The number of nitrogens with zero attached hydrogens (tertiary/aromatic N) is 5. The highest BCUT2D eigenvalue weighted by Crippen LogP contribution is 2.31. The number of hydrogen-bond donors (Lipinski definition) is 1. The SMILES string of the molecule is Cc1nc2ncnn2c(C)c1CCC(=O)Nc1ccc(N2CCCCC2)c(Cl)c1. The third-order valence-corrected chi connectivity index (χ3v) is 5.82. The van der Waals surface area contributed by atoms with Crippen molar-refractivity contribution >= 4 is 34.7 Å². The van der Waals surface area contributed by atoms with Crippen molar-refractivity contribution in [2.45, 2.75) is 46.0 Å². The standard InChI is InChI=1S/C21H25ClN6O/c1-14-17(15(2)28-21(25-14)23-13-24-28)7-9-20(29)26-16-6-8-19(18(22)12-16)27-10-4-3-5-11-27/h6,8,12-13H,3-5,7,9-11H2,1-2H3,(H,26,29). The van der Waals surface area contributed by atoms with Crippen LogP contribution >= 0.6 is 11.6 Å². The predicted octanol–water partition coefficient (Wildman–Crippen LogP) is 3.96. The van der Waals surface area contributed by atoms with Gasteiger partial charge in [-0.15, -0.1) is 0 Å². The fourth-order valence-electron chi connectivity index (χ4n) is 3.96. The van der Waals surface area contributed by atoms with E-state index < -0.39 is 0 Å². The van der Waals surface area contributed by atoms with E-state index in [-0.39, 0.29) is 5.91 Å². The molecule has 1 saturated heterocycles. The first-order chi connectivity index (χ1) is 14.0. The second-order valence-electron chi connectivity index (χ2n) is 7.50. The van der Waals surface area contributed by atoms with Gasteiger partial charge in [-0.2, -0.15) is 10.1 Å². The van der Waals surface area contributed by atoms with E-state index in [0.717, 1.165) is 41.4 Å². The molecule has 0 spiro atoms. The molecule has 0 aliphatic carbocycles. The number of amides is 1. The number of fused-ring (bicyclic) bond motifs is 1. The second kappa shape index (κ2) is 8.37. The van der Waals surface area contributed by atoms with Gasteiger partial charge in [0.25, 0.3) is 5.78 Å². The first-order valence-corrected chi connectivity index (χ1v) is 10.4. The largest absolute Gasteiger partial charge is 0.370 e. The van der Waals surface area contributed by atoms with Crippen LogP contribution in [0.2, 0.25) is 5.02 Å². The number of anilines is 2. The van der Waals surface area contributed by atoms with Gasteiger partial charge < -0.3 is 10.2 Å². The molecule has 152 valence electrons. The Bertz CT molecular complexity index is 1040. The van der Waals surface area contributed by atoms with Crippen molar-refractivity contribution in [1.82, 2.24) is 19.6 Å². The van der Waals surface area contributed by atoms with Crippen LogP contribution in [0.15, 0.2) is 24.5 Å². The lowest BCUT2D eigenvalue weighted by molar-refractivity contribution is -0.116. The number of benzene rings is 1. The fourth-order valence-corrected chi connectivity index (χ4v) is 4.26. The lowest BCUT2D eigenvalue weighted by Crippen LogP contribution is -2.29. The highest BCUT2D eigenvalue weighted by Gasteiger charge is 2.16. The van der Waals surface area contributed by atoms with Gasteiger partial charge in [-0.3, -0.25) is 4.79 Å². The van der Waals surface area contributed by atoms with Gasteiger partial charge in [0.2, 0.25) is 5.91 Å². The molecule has 1 aromatic carbocycles. The van der Waals surface area contributed by atoms with Crippen molar-refractivity contribution in [1.29, 1.82) is 0 Å². The Morgan fingerprint density at radius 3 is 2.76 bits per heavy atom. The van der Waals surface area contributed by atoms with Crippen molar-refractivity contribution in [3.05, 3.63) is 46.5 Å². The second-order valence-corrected chi connectivity index (χ2v) is 7.90. The molecule has 1 aliphatic rings. The zero-order chi connectivity index (χ0) is 20.4. The average molecular weight is 413 g/mol. The first-order valence-electron chi connectivity index (χ1n) is 10.0. The minimum Gasteiger partial charge on any atom is -0.370 e. The average Bonchev–Trinajstić information content (AvgIpc) is 3.17. The van der Waals surface area contributed by atoms with Crippen molar-refractivity contribution < 1.29 is 4.79 Å². The summed E-state index contributed by atoms with van der Waals surface area (Å²) in [4.78, 5) is 23.4. The van der Waals surface area contributed by atoms with Gasteiger partial charge in [-0.25, -0.2) is 9.50 Å². The molecule has 8 heteroatoms. The molecule has 0 atom stereocenters. The van der Waals surface area contributed by atoms with Crippen molar-refractivity contribution in [3.8, 4) is 0 Å². The monoisotopic (exact) mass is 412 g/mol. The van der Waals surface area contributed by atoms with Crippen molar-refractivity contribution in [2.24, 2.45) is 0 Å². The van der Waals surface area contributed by atoms with Crippen LogP contribution in [0.3, 0.4) is 0 Å². The number of halogens is 1. The number of carbonyl (C=O) groups is 1. The van der Waals surface area contributed by atoms with Crippen molar-refractivity contribution in [2.75, 3.05) is 23.3 Å². The lowest BCUT2D eigenvalue weighted by Gasteiger charge is -2.29. The first kappa shape index (κ1) is 19.6. The highest BCUT2D eigenvalue weighted by atomic mass is 35.5. The highest BCUT2D eigenvalue weighted by molar-refractivity contribution is 6.33. The van der Waals surface area contributed by atoms with E-state index in [0.29, 0.717) is 23.6 Å². The normalized spacial score (nSPS) is 14.4. The van der Waals surface area contributed by atoms with E-state index in [2.05, 4.69) is 25.3 Å². The van der Waals surface area contributed by atoms with Crippen LogP contribution < -0.4 is 10.2 Å². The molecule has 0 bridgehead atoms. The Hall–Kier alpha value is -2.67. The van der Waals surface area contributed by atoms with Gasteiger partial charge in [-0.1, -0.05) is 11.6 Å². The van der Waals surface area contributed by atoms with Crippen LogP contribution in [-0.2, 0) is 11.2 Å². The molecule has 3 heterocycles. The van der Waals surface area contributed by atoms with E-state index in [9.17, 15) is 4.79 Å². The number of hydrogen-bond acceptors (Lipinski definition) is 5. The van der Waals surface area contributed by atoms with Gasteiger partial charge in [-0.05, 0) is 63.3 Å². The topological polar surface area (TPSA) is 75.4 Å². The molecule has 4 rings (SSSR count). The van der Waals surface area contributed by atoms with Crippen LogP contribution in [0.4, 0.5) is 11.4 Å². The Kier molecular flexibility index (Phi) is 5.67. The number of aromatic nitrogens is 4. The number of aryl methyl sites for hydroxylation is 2. The number of carbonyl (C=O) groups excluding carboxylic acids is 1. The van der Waals surface area contributed by atoms with Crippen LogP contribution in [0.25, 0.3) is 5.78 Å². The third-order valence-electron chi connectivity index (χ3n) is 5.52. The summed E-state index contributed by atoms with van der Waals surface area (Å²) in [5.41, 5.74) is 4.63. The van der Waals surface area contributed by atoms with Gasteiger partial charge >= 0.3 is 0 Å². The molecule has 1 fully saturated rings. The molecule has 7 nitrogen and oxygen atoms in total. The van der Waals surface area contributed by atoms with E-state index in [1.54, 1.807) is 4.52 Å². The molecule has 29 heavy (non-hydrogen) atoms. The van der Waals surface area contributed by atoms with E-state index >= 15 is 0 Å². The summed E-state index contributed by atoms with van der Waals surface area (Å²) in [6, 6.07) is 5.76. The van der Waals surface area contributed by atoms with Gasteiger partial charge in [0.1, 0.15) is 6.33 Å². The summed E-state index contributed by atoms with van der Waals surface area (Å²) in [6.07, 6.45) is 6.11. The van der Waals surface area contributed by atoms with E-state index in [4.69, 9.17) is 11.6 Å². The molecule has 0 unspecified atom stereocenters. The lowest BCUT2D eigenvalue weighted by atomic mass is 10.1. The maximum Gasteiger partial charge on any atom is 0.252 e. The summed E-state index contributed by atoms with van der Waals surface area (Å²) in [5.74, 6) is 0.529. The van der Waals surface area contributed by atoms with E-state index in [1.165, 1.54) is 25.6 Å². The molecule has 3 aromatic rings. The van der Waals surface area contributed by atoms with E-state index in [1.807, 2.05) is 32.0 Å². The third kappa shape index (κ3) is 4.19. The Morgan fingerprint density at radius 2 is 2.00 bits per heavy atom. The summed E-state index contributed by atoms with van der Waals surface area (Å²) in [5, 5.41) is 7.83. The summed E-state index contributed by atoms with van der Waals surface area (Å²) < 4.78 is 1.71. The Balaban J connectivity index is 1.40. The predicted molar refractivity (Wildman–Crippen MR) is 115 cm³/mol. The zero-order valence-electron chi connectivity index (χ0n) is 16.8. The quantitative estimate of drug-likeness (QED) is 0.686. The van der Waals surface area contributed by atoms with Gasteiger partial charge in [0.15, 0.2) is 0 Å². The maximum absolute atomic E-state index is 12.5. The molecule has 0 saturated carbocycles. The smallest absolute Gasteiger partial charge is 0.252 e. The van der Waals surface area contributed by atoms with Crippen LogP contribution in [0, 0.1) is 13.8 Å². The minimum atomic E-state index is -0.0516. The minimum absolute atomic E-state index is 0.0516. The van der Waals surface area contributed by atoms with Crippen LogP contribution in [-0.4, -0.2) is 38.6 Å². The van der Waals surface area contributed by atoms with Crippen LogP contribution in [0.1, 0.15) is 42.6 Å². The molecule has 1 aliphatic heterocycles. The maximum atomic E-state index is 12.5. The van der Waals surface area contributed by atoms with Gasteiger partial charge in [0, 0.05) is 36.6 Å². The Labute approximate surface area is 175 Å². The molecular formula is C21H25ClN6O. The zero-order valence-corrected chi connectivity index (χ0v) is 17.5. The number of piperidine rings is 1. The summed E-state index contributed by atoms with van der Waals surface area (Å²) >= 11 is 6.49.